The summed E-state index contributed by atoms with van der Waals surface area (Å²) in [6, 6.07) is 9.79. The summed E-state index contributed by atoms with van der Waals surface area (Å²) in [6.07, 6.45) is 3.36. The fraction of sp³-hybridized carbons (Fsp3) is 0.294. The molecule has 0 fully saturated rings. The van der Waals surface area contributed by atoms with E-state index < -0.39 is 5.82 Å². The Morgan fingerprint density at radius 1 is 1.36 bits per heavy atom. The molecule has 1 aliphatic heterocycles. The summed E-state index contributed by atoms with van der Waals surface area (Å²) in [7, 11) is 2.05. The van der Waals surface area contributed by atoms with Gasteiger partial charge in [0.15, 0.2) is 0 Å². The molecule has 1 aliphatic rings. The van der Waals surface area contributed by atoms with Crippen molar-refractivity contribution in [3.05, 3.63) is 65.2 Å². The Bertz CT molecular complexity index is 689. The average Bonchev–Trinajstić information content (AvgIpc) is 2.52. The Balaban J connectivity index is 1.63. The number of benzene rings is 1. The van der Waals surface area contributed by atoms with Gasteiger partial charge >= 0.3 is 0 Å². The molecule has 0 aliphatic carbocycles. The van der Waals surface area contributed by atoms with Crippen LogP contribution < -0.4 is 5.32 Å². The van der Waals surface area contributed by atoms with Crippen LogP contribution in [0.4, 0.5) is 4.39 Å². The molecule has 1 aromatic carbocycles. The number of hydrogen-bond donors (Lipinski definition) is 1. The number of halogens is 1. The summed E-state index contributed by atoms with van der Waals surface area (Å²) >= 11 is 0. The zero-order chi connectivity index (χ0) is 15.5. The van der Waals surface area contributed by atoms with Gasteiger partial charge < -0.3 is 5.32 Å². The average molecular weight is 299 g/mol. The van der Waals surface area contributed by atoms with Gasteiger partial charge in [-0.2, -0.15) is 0 Å². The van der Waals surface area contributed by atoms with Gasteiger partial charge in [0.05, 0.1) is 11.8 Å². The van der Waals surface area contributed by atoms with Crippen LogP contribution in [0.3, 0.4) is 0 Å². The smallest absolute Gasteiger partial charge is 0.253 e. The second-order valence-electron chi connectivity index (χ2n) is 5.64. The largest absolute Gasteiger partial charge is 0.350 e. The maximum absolute atomic E-state index is 13.1. The van der Waals surface area contributed by atoms with Gasteiger partial charge in [0, 0.05) is 25.3 Å². The standard InChI is InChI=1S/C17H18FN3O/c1-21-11-13-5-3-2-4-12(13)7-16(21)10-20-17(22)14-6-15(18)9-19-8-14/h2-6,8-9,16H,7,10-11H2,1H3,(H,20,22)/t16-/m0/s1. The fourth-order valence-electron chi connectivity index (χ4n) is 2.79. The predicted octanol–water partition coefficient (Wildman–Crippen LogP) is 2.01. The first-order valence-corrected chi connectivity index (χ1v) is 7.29. The number of aromatic nitrogens is 1. The summed E-state index contributed by atoms with van der Waals surface area (Å²) in [5, 5.41) is 2.87. The molecule has 3 rings (SSSR count). The van der Waals surface area contributed by atoms with Gasteiger partial charge in [0.1, 0.15) is 5.82 Å². The van der Waals surface area contributed by atoms with Crippen LogP contribution in [0, 0.1) is 5.82 Å². The Morgan fingerprint density at radius 2 is 2.14 bits per heavy atom. The normalized spacial score (nSPS) is 17.8. The Kier molecular flexibility index (Phi) is 4.15. The van der Waals surface area contributed by atoms with Crippen LogP contribution in [0.15, 0.2) is 42.7 Å². The van der Waals surface area contributed by atoms with Gasteiger partial charge in [0.25, 0.3) is 5.91 Å². The minimum Gasteiger partial charge on any atom is -0.350 e. The van der Waals surface area contributed by atoms with E-state index in [0.717, 1.165) is 19.2 Å². The quantitative estimate of drug-likeness (QED) is 0.943. The molecule has 0 saturated heterocycles. The highest BCUT2D eigenvalue weighted by molar-refractivity contribution is 5.93. The molecule has 1 aromatic heterocycles. The van der Waals surface area contributed by atoms with E-state index in [1.165, 1.54) is 23.4 Å². The van der Waals surface area contributed by atoms with E-state index in [0.29, 0.717) is 6.54 Å². The number of nitrogens with zero attached hydrogens (tertiary/aromatic N) is 2. The van der Waals surface area contributed by atoms with Crippen LogP contribution in [-0.2, 0) is 13.0 Å². The number of rotatable bonds is 3. The molecular formula is C17H18FN3O. The third-order valence-corrected chi connectivity index (χ3v) is 4.08. The number of likely N-dealkylation sites (N-methyl/N-ethyl adjacent to an activating group) is 1. The van der Waals surface area contributed by atoms with Crippen LogP contribution >= 0.6 is 0 Å². The summed E-state index contributed by atoms with van der Waals surface area (Å²) in [4.78, 5) is 18.0. The molecule has 0 unspecified atom stereocenters. The third-order valence-electron chi connectivity index (χ3n) is 4.08. The van der Waals surface area contributed by atoms with E-state index in [2.05, 4.69) is 34.4 Å². The van der Waals surface area contributed by atoms with Crippen molar-refractivity contribution in [1.82, 2.24) is 15.2 Å². The van der Waals surface area contributed by atoms with Gasteiger partial charge in [0.2, 0.25) is 0 Å². The van der Waals surface area contributed by atoms with Gasteiger partial charge in [-0.3, -0.25) is 14.7 Å². The lowest BCUT2D eigenvalue weighted by Crippen LogP contribution is -2.45. The third kappa shape index (κ3) is 3.14. The van der Waals surface area contributed by atoms with Crippen molar-refractivity contribution in [2.24, 2.45) is 0 Å². The molecular weight excluding hydrogens is 281 g/mol. The van der Waals surface area contributed by atoms with Crippen molar-refractivity contribution in [2.75, 3.05) is 13.6 Å². The zero-order valence-electron chi connectivity index (χ0n) is 12.4. The molecule has 4 nitrogen and oxygen atoms in total. The van der Waals surface area contributed by atoms with Crippen molar-refractivity contribution in [3.8, 4) is 0 Å². The van der Waals surface area contributed by atoms with Crippen molar-refractivity contribution >= 4 is 5.91 Å². The van der Waals surface area contributed by atoms with Crippen molar-refractivity contribution in [1.29, 1.82) is 0 Å². The SMILES string of the molecule is CN1Cc2ccccc2C[C@H]1CNC(=O)c1cncc(F)c1. The topological polar surface area (TPSA) is 45.2 Å². The van der Waals surface area contributed by atoms with Crippen molar-refractivity contribution in [2.45, 2.75) is 19.0 Å². The highest BCUT2D eigenvalue weighted by Gasteiger charge is 2.23. The highest BCUT2D eigenvalue weighted by atomic mass is 19.1. The monoisotopic (exact) mass is 299 g/mol. The highest BCUT2D eigenvalue weighted by Crippen LogP contribution is 2.21. The molecule has 2 heterocycles. The van der Waals surface area contributed by atoms with Gasteiger partial charge in [-0.25, -0.2) is 4.39 Å². The van der Waals surface area contributed by atoms with Crippen molar-refractivity contribution < 1.29 is 9.18 Å². The molecule has 5 heteroatoms. The molecule has 1 amide bonds. The zero-order valence-corrected chi connectivity index (χ0v) is 12.4. The van der Waals surface area contributed by atoms with Crippen LogP contribution in [0.1, 0.15) is 21.5 Å². The molecule has 22 heavy (non-hydrogen) atoms. The first-order chi connectivity index (χ1) is 10.6. The maximum Gasteiger partial charge on any atom is 0.253 e. The lowest BCUT2D eigenvalue weighted by molar-refractivity contribution is 0.0933. The summed E-state index contributed by atoms with van der Waals surface area (Å²) in [5.41, 5.74) is 2.91. The van der Waals surface area contributed by atoms with Crippen LogP contribution in [0.25, 0.3) is 0 Å². The van der Waals surface area contributed by atoms with Gasteiger partial charge in [-0.15, -0.1) is 0 Å². The number of fused-ring (bicyclic) bond motifs is 1. The first-order valence-electron chi connectivity index (χ1n) is 7.29. The molecule has 1 atom stereocenters. The van der Waals surface area contributed by atoms with Crippen LogP contribution in [-0.4, -0.2) is 35.4 Å². The second kappa shape index (κ2) is 6.23. The van der Waals surface area contributed by atoms with E-state index in [1.54, 1.807) is 0 Å². The molecule has 2 aromatic rings. The molecule has 0 spiro atoms. The van der Waals surface area contributed by atoms with Gasteiger partial charge in [-0.05, 0) is 30.7 Å². The van der Waals surface area contributed by atoms with Gasteiger partial charge in [-0.1, -0.05) is 24.3 Å². The Labute approximate surface area is 129 Å². The number of nitrogens with one attached hydrogen (secondary N) is 1. The van der Waals surface area contributed by atoms with E-state index in [1.807, 2.05) is 12.1 Å². The summed E-state index contributed by atoms with van der Waals surface area (Å²) in [5.74, 6) is -0.796. The minimum absolute atomic E-state index is 0.236. The summed E-state index contributed by atoms with van der Waals surface area (Å²) < 4.78 is 13.1. The van der Waals surface area contributed by atoms with Crippen LogP contribution in [0.2, 0.25) is 0 Å². The Morgan fingerprint density at radius 3 is 2.91 bits per heavy atom. The molecule has 1 N–H and O–H groups in total. The van der Waals surface area contributed by atoms with Crippen LogP contribution in [0.5, 0.6) is 0 Å². The summed E-state index contributed by atoms with van der Waals surface area (Å²) in [6.45, 7) is 1.40. The first kappa shape index (κ1) is 14.7. The lowest BCUT2D eigenvalue weighted by atomic mass is 9.94. The Hall–Kier alpha value is -2.27. The molecule has 0 saturated carbocycles. The fourth-order valence-corrected chi connectivity index (χ4v) is 2.79. The molecule has 114 valence electrons. The van der Waals surface area contributed by atoms with E-state index in [9.17, 15) is 9.18 Å². The number of amides is 1. The van der Waals surface area contributed by atoms with E-state index >= 15 is 0 Å². The van der Waals surface area contributed by atoms with E-state index in [4.69, 9.17) is 0 Å². The maximum atomic E-state index is 13.1. The lowest BCUT2D eigenvalue weighted by Gasteiger charge is -2.34. The number of carbonyl (C=O) groups excluding carboxylic acids is 1. The number of carbonyl (C=O) groups is 1. The molecule has 0 radical (unpaired) electrons. The van der Waals surface area contributed by atoms with E-state index in [-0.39, 0.29) is 17.5 Å². The van der Waals surface area contributed by atoms with Crippen molar-refractivity contribution in [3.63, 3.8) is 0 Å². The second-order valence-corrected chi connectivity index (χ2v) is 5.64. The number of pyridine rings is 1. The predicted molar refractivity (Wildman–Crippen MR) is 81.9 cm³/mol. The number of hydrogen-bond acceptors (Lipinski definition) is 3. The molecule has 0 bridgehead atoms. The minimum atomic E-state index is -0.503.